The molecule has 0 saturated carbocycles. The van der Waals surface area contributed by atoms with Gasteiger partial charge in [-0.3, -0.25) is 9.69 Å². The topological polar surface area (TPSA) is 54.4 Å². The fourth-order valence-corrected chi connectivity index (χ4v) is 5.04. The molecule has 3 aliphatic heterocycles. The van der Waals surface area contributed by atoms with Gasteiger partial charge in [-0.05, 0) is 31.5 Å². The fourth-order valence-electron chi connectivity index (χ4n) is 5.04. The lowest BCUT2D eigenvalue weighted by Crippen LogP contribution is -2.48. The van der Waals surface area contributed by atoms with Crippen LogP contribution in [0.4, 0.5) is 4.39 Å². The van der Waals surface area contributed by atoms with E-state index in [0.717, 1.165) is 48.3 Å². The number of nitrogens with zero attached hydrogens (tertiary/aromatic N) is 3. The third-order valence-electron chi connectivity index (χ3n) is 6.92. The lowest BCUT2D eigenvalue weighted by molar-refractivity contribution is -0.186. The second kappa shape index (κ2) is 8.97. The Hall–Kier alpha value is -2.61. The summed E-state index contributed by atoms with van der Waals surface area (Å²) in [6, 6.07) is 12.4. The average molecular weight is 452 g/mol. The second-order valence-corrected chi connectivity index (χ2v) is 9.23. The van der Waals surface area contributed by atoms with Gasteiger partial charge in [0, 0.05) is 43.5 Å². The van der Waals surface area contributed by atoms with Crippen LogP contribution in [0, 0.1) is 19.7 Å². The SMILES string of the molecule is Cc1ccc(C)c(C2=NN(C(=O)CN3CCC4(CC3)OCCO4)[C@@H](c3ccccc3F)C2)c1. The Kier molecular flexibility index (Phi) is 6.03. The maximum Gasteiger partial charge on any atom is 0.257 e. The highest BCUT2D eigenvalue weighted by atomic mass is 19.1. The molecule has 0 bridgehead atoms. The summed E-state index contributed by atoms with van der Waals surface area (Å²) < 4.78 is 26.3. The van der Waals surface area contributed by atoms with Crippen LogP contribution < -0.4 is 0 Å². The highest BCUT2D eigenvalue weighted by molar-refractivity contribution is 6.04. The smallest absolute Gasteiger partial charge is 0.257 e. The van der Waals surface area contributed by atoms with Gasteiger partial charge in [-0.1, -0.05) is 35.9 Å². The van der Waals surface area contributed by atoms with Crippen LogP contribution in [-0.4, -0.2) is 60.2 Å². The first-order valence-electron chi connectivity index (χ1n) is 11.7. The Morgan fingerprint density at radius 1 is 1.12 bits per heavy atom. The molecule has 33 heavy (non-hydrogen) atoms. The summed E-state index contributed by atoms with van der Waals surface area (Å²) in [6.07, 6.45) is 1.98. The van der Waals surface area contributed by atoms with E-state index in [-0.39, 0.29) is 18.3 Å². The lowest BCUT2D eigenvalue weighted by Gasteiger charge is -2.37. The molecule has 1 amide bonds. The van der Waals surface area contributed by atoms with E-state index in [9.17, 15) is 9.18 Å². The Bertz CT molecular complexity index is 1070. The number of hydrogen-bond donors (Lipinski definition) is 0. The van der Waals surface area contributed by atoms with E-state index < -0.39 is 11.8 Å². The summed E-state index contributed by atoms with van der Waals surface area (Å²) in [5, 5.41) is 6.26. The van der Waals surface area contributed by atoms with Gasteiger partial charge in [0.05, 0.1) is 31.5 Å². The van der Waals surface area contributed by atoms with Gasteiger partial charge < -0.3 is 9.47 Å². The van der Waals surface area contributed by atoms with Crippen molar-refractivity contribution in [2.75, 3.05) is 32.8 Å². The molecule has 2 fully saturated rings. The van der Waals surface area contributed by atoms with Gasteiger partial charge in [0.1, 0.15) is 5.82 Å². The van der Waals surface area contributed by atoms with Crippen LogP contribution in [0.1, 0.15) is 47.6 Å². The number of halogens is 1. The number of hydrazone groups is 1. The first kappa shape index (κ1) is 22.2. The minimum atomic E-state index is -0.475. The third-order valence-corrected chi connectivity index (χ3v) is 6.92. The third kappa shape index (κ3) is 4.45. The highest BCUT2D eigenvalue weighted by Gasteiger charge is 2.41. The first-order chi connectivity index (χ1) is 15.9. The Morgan fingerprint density at radius 2 is 1.85 bits per heavy atom. The van der Waals surface area contributed by atoms with Crippen molar-refractivity contribution in [2.45, 2.75) is 44.9 Å². The van der Waals surface area contributed by atoms with Crippen LogP contribution in [-0.2, 0) is 14.3 Å². The zero-order chi connectivity index (χ0) is 23.0. The molecule has 7 heteroatoms. The number of hydrogen-bond acceptors (Lipinski definition) is 5. The molecule has 6 nitrogen and oxygen atoms in total. The lowest BCUT2D eigenvalue weighted by atomic mass is 9.95. The summed E-state index contributed by atoms with van der Waals surface area (Å²) >= 11 is 0. The van der Waals surface area contributed by atoms with E-state index in [0.29, 0.717) is 25.2 Å². The molecule has 2 saturated heterocycles. The zero-order valence-electron chi connectivity index (χ0n) is 19.2. The number of carbonyl (C=O) groups is 1. The van der Waals surface area contributed by atoms with Crippen LogP contribution in [0.15, 0.2) is 47.6 Å². The number of aryl methyl sites for hydroxylation is 2. The molecule has 0 radical (unpaired) electrons. The molecule has 1 atom stereocenters. The van der Waals surface area contributed by atoms with Gasteiger partial charge in [0.15, 0.2) is 5.79 Å². The van der Waals surface area contributed by atoms with Crippen LogP contribution in [0.5, 0.6) is 0 Å². The molecule has 3 aliphatic rings. The van der Waals surface area contributed by atoms with E-state index in [1.165, 1.54) is 11.1 Å². The Morgan fingerprint density at radius 3 is 2.58 bits per heavy atom. The van der Waals surface area contributed by atoms with Crippen LogP contribution in [0.2, 0.25) is 0 Å². The number of ether oxygens (including phenoxy) is 2. The van der Waals surface area contributed by atoms with E-state index in [1.807, 2.05) is 19.9 Å². The van der Waals surface area contributed by atoms with Crippen molar-refractivity contribution in [3.63, 3.8) is 0 Å². The number of carbonyl (C=O) groups excluding carboxylic acids is 1. The molecule has 0 N–H and O–H groups in total. The predicted octanol–water partition coefficient (Wildman–Crippen LogP) is 3.96. The van der Waals surface area contributed by atoms with E-state index in [1.54, 1.807) is 12.1 Å². The summed E-state index contributed by atoms with van der Waals surface area (Å²) in [5.74, 6) is -0.905. The summed E-state index contributed by atoms with van der Waals surface area (Å²) in [6.45, 7) is 7.02. The fraction of sp³-hybridized carbons (Fsp3) is 0.462. The van der Waals surface area contributed by atoms with Crippen molar-refractivity contribution >= 4 is 11.6 Å². The molecule has 0 unspecified atom stereocenters. The minimum absolute atomic E-state index is 0.118. The number of rotatable bonds is 4. The predicted molar refractivity (Wildman–Crippen MR) is 123 cm³/mol. The standard InChI is InChI=1S/C26H30FN3O3/c1-18-7-8-19(2)21(15-18)23-16-24(20-5-3-4-6-22(20)27)30(28-23)25(31)17-29-11-9-26(10-12-29)32-13-14-33-26/h3-8,15,24H,9-14,16-17H2,1-2H3/t24-/m1/s1. The molecule has 0 aliphatic carbocycles. The normalized spacial score (nSPS) is 22.7. The highest BCUT2D eigenvalue weighted by Crippen LogP contribution is 2.36. The molecule has 2 aromatic carbocycles. The summed E-state index contributed by atoms with van der Waals surface area (Å²) in [5.41, 5.74) is 4.56. The molecular weight excluding hydrogens is 421 g/mol. The van der Waals surface area contributed by atoms with Crippen molar-refractivity contribution in [2.24, 2.45) is 5.10 Å². The number of amides is 1. The summed E-state index contributed by atoms with van der Waals surface area (Å²) in [4.78, 5) is 15.6. The minimum Gasteiger partial charge on any atom is -0.347 e. The van der Waals surface area contributed by atoms with Gasteiger partial charge in [-0.15, -0.1) is 0 Å². The van der Waals surface area contributed by atoms with Gasteiger partial charge in [-0.25, -0.2) is 9.40 Å². The number of piperidine rings is 1. The van der Waals surface area contributed by atoms with E-state index in [2.05, 4.69) is 23.1 Å². The van der Waals surface area contributed by atoms with Crippen molar-refractivity contribution < 1.29 is 18.7 Å². The molecule has 0 aromatic heterocycles. The first-order valence-corrected chi connectivity index (χ1v) is 11.7. The van der Waals surface area contributed by atoms with Crippen LogP contribution >= 0.6 is 0 Å². The van der Waals surface area contributed by atoms with Gasteiger partial charge in [0.25, 0.3) is 5.91 Å². The van der Waals surface area contributed by atoms with Crippen molar-refractivity contribution in [3.8, 4) is 0 Å². The maximum atomic E-state index is 14.8. The zero-order valence-corrected chi connectivity index (χ0v) is 19.2. The Labute approximate surface area is 194 Å². The van der Waals surface area contributed by atoms with E-state index in [4.69, 9.17) is 14.6 Å². The van der Waals surface area contributed by atoms with Gasteiger partial charge in [-0.2, -0.15) is 5.10 Å². The molecule has 1 spiro atoms. The van der Waals surface area contributed by atoms with Crippen LogP contribution in [0.25, 0.3) is 0 Å². The van der Waals surface area contributed by atoms with Crippen molar-refractivity contribution in [1.29, 1.82) is 0 Å². The second-order valence-electron chi connectivity index (χ2n) is 9.23. The molecular formula is C26H30FN3O3. The molecule has 2 aromatic rings. The van der Waals surface area contributed by atoms with Crippen LogP contribution in [0.3, 0.4) is 0 Å². The largest absolute Gasteiger partial charge is 0.347 e. The molecule has 5 rings (SSSR count). The quantitative estimate of drug-likeness (QED) is 0.706. The van der Waals surface area contributed by atoms with Gasteiger partial charge >= 0.3 is 0 Å². The van der Waals surface area contributed by atoms with Crippen molar-refractivity contribution in [1.82, 2.24) is 9.91 Å². The molecule has 3 heterocycles. The average Bonchev–Trinajstić information content (AvgIpc) is 3.45. The van der Waals surface area contributed by atoms with Gasteiger partial charge in [0.2, 0.25) is 0 Å². The molecule has 174 valence electrons. The van der Waals surface area contributed by atoms with Crippen molar-refractivity contribution in [3.05, 3.63) is 70.5 Å². The Balaban J connectivity index is 1.38. The van der Waals surface area contributed by atoms with E-state index >= 15 is 0 Å². The number of likely N-dealkylation sites (tertiary alicyclic amines) is 1. The summed E-state index contributed by atoms with van der Waals surface area (Å²) in [7, 11) is 0. The number of benzene rings is 2. The maximum absolute atomic E-state index is 14.8. The monoisotopic (exact) mass is 451 g/mol.